The number of benzene rings is 2. The molecule has 0 unspecified atom stereocenters. The van der Waals surface area contributed by atoms with Crippen LogP contribution in [-0.2, 0) is 19.0 Å². The molecule has 0 spiro atoms. The second-order valence-corrected chi connectivity index (χ2v) is 7.99. The summed E-state index contributed by atoms with van der Waals surface area (Å²) in [5.41, 5.74) is 7.03. The number of hydrogen-bond acceptors (Lipinski definition) is 5. The number of nitrogens with two attached hydrogens (primary N) is 1. The van der Waals surface area contributed by atoms with E-state index >= 15 is 0 Å². The lowest BCUT2D eigenvalue weighted by Crippen LogP contribution is -2.25. The smallest absolute Gasteiger partial charge is 0.327 e. The van der Waals surface area contributed by atoms with Crippen LogP contribution in [0.25, 0.3) is 21.3 Å². The first-order valence-corrected chi connectivity index (χ1v) is 9.89. The van der Waals surface area contributed by atoms with Gasteiger partial charge in [0.2, 0.25) is 5.95 Å². The molecule has 0 aliphatic carbocycles. The SMILES string of the molecule is N[C@@H](Cc1ccc(C(F)(F)F)cc1)Cc1nnc(-c2ccc3cnc(F)cc3c2)s1. The van der Waals surface area contributed by atoms with Crippen LogP contribution in [0.1, 0.15) is 16.1 Å². The molecule has 0 fully saturated rings. The van der Waals surface area contributed by atoms with Crippen molar-refractivity contribution in [1.29, 1.82) is 0 Å². The molecule has 0 aliphatic heterocycles. The molecule has 30 heavy (non-hydrogen) atoms. The van der Waals surface area contributed by atoms with Gasteiger partial charge in [-0.05, 0) is 35.6 Å². The molecular formula is C21H16F4N4S. The van der Waals surface area contributed by atoms with Gasteiger partial charge >= 0.3 is 6.18 Å². The molecule has 9 heteroatoms. The lowest BCUT2D eigenvalue weighted by atomic mass is 10.0. The molecule has 1 atom stereocenters. The molecule has 4 nitrogen and oxygen atoms in total. The van der Waals surface area contributed by atoms with Crippen molar-refractivity contribution < 1.29 is 17.6 Å². The summed E-state index contributed by atoms with van der Waals surface area (Å²) in [4.78, 5) is 3.64. The topological polar surface area (TPSA) is 64.7 Å². The first kappa shape index (κ1) is 20.4. The van der Waals surface area contributed by atoms with E-state index in [1.54, 1.807) is 0 Å². The van der Waals surface area contributed by atoms with Crippen LogP contribution < -0.4 is 5.73 Å². The van der Waals surface area contributed by atoms with Gasteiger partial charge in [0, 0.05) is 35.7 Å². The zero-order chi connectivity index (χ0) is 21.3. The highest BCUT2D eigenvalue weighted by molar-refractivity contribution is 7.14. The fourth-order valence-corrected chi connectivity index (χ4v) is 4.06. The normalized spacial score (nSPS) is 13.0. The van der Waals surface area contributed by atoms with Crippen LogP contribution in [0, 0.1) is 5.95 Å². The largest absolute Gasteiger partial charge is 0.416 e. The minimum Gasteiger partial charge on any atom is -0.327 e. The Bertz CT molecular complexity index is 1170. The van der Waals surface area contributed by atoms with E-state index in [0.717, 1.165) is 39.0 Å². The molecule has 4 rings (SSSR count). The third-order valence-corrected chi connectivity index (χ3v) is 5.61. The average molecular weight is 432 g/mol. The predicted molar refractivity (Wildman–Crippen MR) is 107 cm³/mol. The van der Waals surface area contributed by atoms with Crippen LogP contribution in [-0.4, -0.2) is 21.2 Å². The molecular weight excluding hydrogens is 416 g/mol. The van der Waals surface area contributed by atoms with Crippen LogP contribution in [0.5, 0.6) is 0 Å². The third kappa shape index (κ3) is 4.63. The highest BCUT2D eigenvalue weighted by Gasteiger charge is 2.30. The first-order valence-electron chi connectivity index (χ1n) is 9.08. The van der Waals surface area contributed by atoms with Gasteiger partial charge in [0.25, 0.3) is 0 Å². The van der Waals surface area contributed by atoms with Crippen LogP contribution in [0.15, 0.2) is 54.7 Å². The number of alkyl halides is 3. The molecule has 2 aromatic heterocycles. The lowest BCUT2D eigenvalue weighted by molar-refractivity contribution is -0.137. The van der Waals surface area contributed by atoms with Gasteiger partial charge in [0.15, 0.2) is 0 Å². The zero-order valence-corrected chi connectivity index (χ0v) is 16.3. The maximum Gasteiger partial charge on any atom is 0.416 e. The number of pyridine rings is 1. The van der Waals surface area contributed by atoms with Crippen LogP contribution in [0.2, 0.25) is 0 Å². The Hall–Kier alpha value is -2.91. The zero-order valence-electron chi connectivity index (χ0n) is 15.5. The Morgan fingerprint density at radius 1 is 0.933 bits per heavy atom. The second kappa shape index (κ2) is 8.08. The van der Waals surface area contributed by atoms with E-state index < -0.39 is 17.7 Å². The summed E-state index contributed by atoms with van der Waals surface area (Å²) < 4.78 is 51.3. The lowest BCUT2D eigenvalue weighted by Gasteiger charge is -2.11. The number of hydrogen-bond donors (Lipinski definition) is 1. The molecule has 0 bridgehead atoms. The van der Waals surface area contributed by atoms with E-state index in [-0.39, 0.29) is 6.04 Å². The van der Waals surface area contributed by atoms with E-state index in [2.05, 4.69) is 15.2 Å². The van der Waals surface area contributed by atoms with E-state index in [9.17, 15) is 17.6 Å². The van der Waals surface area contributed by atoms with Gasteiger partial charge < -0.3 is 5.73 Å². The van der Waals surface area contributed by atoms with Crippen molar-refractivity contribution in [3.05, 3.63) is 76.8 Å². The maximum atomic E-state index is 13.4. The third-order valence-electron chi connectivity index (χ3n) is 4.62. The Balaban J connectivity index is 1.44. The molecule has 0 aliphatic rings. The van der Waals surface area contributed by atoms with E-state index in [1.807, 2.05) is 18.2 Å². The van der Waals surface area contributed by atoms with Crippen molar-refractivity contribution in [3.8, 4) is 10.6 Å². The Kier molecular flexibility index (Phi) is 5.48. The molecule has 154 valence electrons. The van der Waals surface area contributed by atoms with Crippen molar-refractivity contribution in [2.75, 3.05) is 0 Å². The average Bonchev–Trinajstić information content (AvgIpc) is 3.15. The molecule has 0 saturated carbocycles. The highest BCUT2D eigenvalue weighted by atomic mass is 32.1. The van der Waals surface area contributed by atoms with E-state index in [4.69, 9.17) is 5.73 Å². The molecule has 0 amide bonds. The number of aromatic nitrogens is 3. The monoisotopic (exact) mass is 432 g/mol. The van der Waals surface area contributed by atoms with Crippen LogP contribution >= 0.6 is 11.3 Å². The standard InChI is InChI=1S/C21H16F4N4S/c22-18-9-15-8-13(3-4-14(15)11-27-18)20-29-28-19(30-20)10-17(26)7-12-1-5-16(6-2-12)21(23,24)25/h1-6,8-9,11,17H,7,10,26H2/t17-/m0/s1. The summed E-state index contributed by atoms with van der Waals surface area (Å²) in [6, 6.07) is 11.6. The summed E-state index contributed by atoms with van der Waals surface area (Å²) >= 11 is 1.38. The van der Waals surface area contributed by atoms with E-state index in [0.29, 0.717) is 17.8 Å². The van der Waals surface area contributed by atoms with Crippen molar-refractivity contribution in [3.63, 3.8) is 0 Å². The quantitative estimate of drug-likeness (QED) is 0.355. The van der Waals surface area contributed by atoms with Crippen molar-refractivity contribution >= 4 is 22.1 Å². The first-order chi connectivity index (χ1) is 14.3. The molecule has 2 aromatic carbocycles. The Labute approximate surface area is 173 Å². The predicted octanol–water partition coefficient (Wildman–Crippen LogP) is 5.02. The van der Waals surface area contributed by atoms with Gasteiger partial charge in [0.05, 0.1) is 5.56 Å². The van der Waals surface area contributed by atoms with Gasteiger partial charge in [-0.15, -0.1) is 10.2 Å². The molecule has 2 heterocycles. The fourth-order valence-electron chi connectivity index (χ4n) is 3.13. The molecule has 4 aromatic rings. The Morgan fingerprint density at radius 2 is 1.70 bits per heavy atom. The number of fused-ring (bicyclic) bond motifs is 1. The summed E-state index contributed by atoms with van der Waals surface area (Å²) in [5.74, 6) is -0.549. The summed E-state index contributed by atoms with van der Waals surface area (Å²) in [6.07, 6.45) is -2.00. The number of rotatable bonds is 5. The molecule has 0 radical (unpaired) electrons. The van der Waals surface area contributed by atoms with Gasteiger partial charge in [0.1, 0.15) is 10.0 Å². The van der Waals surface area contributed by atoms with Crippen LogP contribution in [0.4, 0.5) is 17.6 Å². The van der Waals surface area contributed by atoms with Gasteiger partial charge in [-0.2, -0.15) is 17.6 Å². The van der Waals surface area contributed by atoms with Crippen LogP contribution in [0.3, 0.4) is 0 Å². The highest BCUT2D eigenvalue weighted by Crippen LogP contribution is 2.30. The molecule has 2 N–H and O–H groups in total. The van der Waals surface area contributed by atoms with Crippen molar-refractivity contribution in [1.82, 2.24) is 15.2 Å². The summed E-state index contributed by atoms with van der Waals surface area (Å²) in [7, 11) is 0. The minimum absolute atomic E-state index is 0.306. The van der Waals surface area contributed by atoms with Crippen molar-refractivity contribution in [2.45, 2.75) is 25.1 Å². The summed E-state index contributed by atoms with van der Waals surface area (Å²) in [5, 5.41) is 11.3. The van der Waals surface area contributed by atoms with Gasteiger partial charge in [-0.3, -0.25) is 0 Å². The van der Waals surface area contributed by atoms with Gasteiger partial charge in [-0.25, -0.2) is 4.98 Å². The molecule has 0 saturated heterocycles. The second-order valence-electron chi connectivity index (χ2n) is 6.93. The minimum atomic E-state index is -4.35. The Morgan fingerprint density at radius 3 is 2.43 bits per heavy atom. The fraction of sp³-hybridized carbons (Fsp3) is 0.190. The van der Waals surface area contributed by atoms with E-state index in [1.165, 1.54) is 35.7 Å². The maximum absolute atomic E-state index is 13.4. The van der Waals surface area contributed by atoms with Crippen molar-refractivity contribution in [2.24, 2.45) is 5.73 Å². The summed E-state index contributed by atoms with van der Waals surface area (Å²) in [6.45, 7) is 0. The number of halogens is 4. The van der Waals surface area contributed by atoms with Gasteiger partial charge in [-0.1, -0.05) is 35.6 Å². The number of nitrogens with zero attached hydrogens (tertiary/aromatic N) is 3.